The van der Waals surface area contributed by atoms with E-state index in [1.807, 2.05) is 0 Å². The highest BCUT2D eigenvalue weighted by molar-refractivity contribution is 5.74. The van der Waals surface area contributed by atoms with Crippen LogP contribution in [0.15, 0.2) is 60.7 Å². The molecule has 0 saturated heterocycles. The fourth-order valence-electron chi connectivity index (χ4n) is 8.34. The monoisotopic (exact) mass is 967 g/mol. The Morgan fingerprint density at radius 3 is 1.11 bits per heavy atom. The van der Waals surface area contributed by atoms with Crippen molar-refractivity contribution in [2.45, 2.75) is 196 Å². The van der Waals surface area contributed by atoms with Gasteiger partial charge in [0, 0.05) is 39.6 Å². The first-order chi connectivity index (χ1) is 34.3. The summed E-state index contributed by atoms with van der Waals surface area (Å²) in [5, 5.41) is 0. The molecular formula is C64H102O6. The third-order valence-corrected chi connectivity index (χ3v) is 13.5. The maximum absolute atomic E-state index is 6.48. The van der Waals surface area contributed by atoms with Gasteiger partial charge in [0.15, 0.2) is 11.5 Å². The predicted octanol–water partition coefficient (Wildman–Crippen LogP) is 18.3. The summed E-state index contributed by atoms with van der Waals surface area (Å²) in [6.07, 6.45) is 36.0. The van der Waals surface area contributed by atoms with Gasteiger partial charge in [0.1, 0.15) is 5.75 Å². The summed E-state index contributed by atoms with van der Waals surface area (Å²) in [5.41, 5.74) is 5.94. The predicted molar refractivity (Wildman–Crippen MR) is 302 cm³/mol. The largest absolute Gasteiger partial charge is 0.493 e. The van der Waals surface area contributed by atoms with Crippen LogP contribution < -0.4 is 14.2 Å². The maximum atomic E-state index is 6.48. The van der Waals surface area contributed by atoms with E-state index in [0.717, 1.165) is 126 Å². The molecule has 0 N–H and O–H groups in total. The third-order valence-electron chi connectivity index (χ3n) is 13.5. The molecule has 3 aromatic carbocycles. The van der Waals surface area contributed by atoms with Crippen LogP contribution in [0.3, 0.4) is 0 Å². The summed E-state index contributed by atoms with van der Waals surface area (Å²) in [5.74, 6) is 4.32. The molecule has 6 heteroatoms. The van der Waals surface area contributed by atoms with E-state index in [4.69, 9.17) is 28.4 Å². The number of benzene rings is 3. The van der Waals surface area contributed by atoms with E-state index in [1.54, 1.807) is 0 Å². The summed E-state index contributed by atoms with van der Waals surface area (Å²) in [6.45, 7) is 23.1. The second-order valence-electron chi connectivity index (χ2n) is 20.3. The second kappa shape index (κ2) is 41.0. The van der Waals surface area contributed by atoms with Gasteiger partial charge < -0.3 is 28.4 Å². The van der Waals surface area contributed by atoms with E-state index in [0.29, 0.717) is 31.0 Å². The van der Waals surface area contributed by atoms with Crippen LogP contribution in [0, 0.1) is 17.8 Å². The average Bonchev–Trinajstić information content (AvgIpc) is 3.36. The van der Waals surface area contributed by atoms with Crippen LogP contribution in [0.25, 0.3) is 24.3 Å². The Bertz CT molecular complexity index is 1750. The van der Waals surface area contributed by atoms with Gasteiger partial charge in [-0.2, -0.15) is 0 Å². The van der Waals surface area contributed by atoms with Crippen LogP contribution in [0.1, 0.15) is 218 Å². The first-order valence-corrected chi connectivity index (χ1v) is 28.7. The van der Waals surface area contributed by atoms with Gasteiger partial charge in [-0.25, -0.2) is 0 Å². The Kier molecular flexibility index (Phi) is 35.5. The lowest BCUT2D eigenvalue weighted by atomic mass is 10.0. The van der Waals surface area contributed by atoms with Gasteiger partial charge in [-0.15, -0.1) is 0 Å². The van der Waals surface area contributed by atoms with Crippen LogP contribution in [0.5, 0.6) is 17.2 Å². The van der Waals surface area contributed by atoms with Crippen LogP contribution in [0.2, 0.25) is 0 Å². The van der Waals surface area contributed by atoms with Crippen LogP contribution in [-0.2, 0) is 20.6 Å². The number of hydrogen-bond donors (Lipinski definition) is 0. The first-order valence-electron chi connectivity index (χ1n) is 28.7. The fourth-order valence-corrected chi connectivity index (χ4v) is 8.34. The molecule has 0 fully saturated rings. The molecule has 3 unspecified atom stereocenters. The van der Waals surface area contributed by atoms with Crippen molar-refractivity contribution in [2.75, 3.05) is 59.5 Å². The number of aryl methyl sites for hydroxylation is 1. The number of hydrogen-bond acceptors (Lipinski definition) is 6. The summed E-state index contributed by atoms with van der Waals surface area (Å²) >= 11 is 0. The molecule has 0 aliphatic heterocycles. The molecule has 0 bridgehead atoms. The normalized spacial score (nSPS) is 13.1. The minimum atomic E-state index is 0.526. The molecule has 0 amide bonds. The van der Waals surface area contributed by atoms with Gasteiger partial charge in [-0.1, -0.05) is 186 Å². The SMILES string of the molecule is CCCCCCOCCC(C)CCOc1ccc(C=Cc2ccc(C=Cc3ccc(OCCC(C)CCOCCCCCC)c(OCCC(C)CCOCCCCCC)c3)cc2)cc1CCCCCC. The van der Waals surface area contributed by atoms with E-state index >= 15 is 0 Å². The Morgan fingerprint density at radius 2 is 0.671 bits per heavy atom. The van der Waals surface area contributed by atoms with E-state index in [1.165, 1.54) is 113 Å². The number of rotatable bonds is 45. The fraction of sp³-hybridized carbons (Fsp3) is 0.656. The summed E-state index contributed by atoms with van der Waals surface area (Å²) in [7, 11) is 0. The van der Waals surface area contributed by atoms with Crippen molar-refractivity contribution in [3.63, 3.8) is 0 Å². The third kappa shape index (κ3) is 29.7. The Hall–Kier alpha value is -3.58. The highest BCUT2D eigenvalue weighted by Gasteiger charge is 2.12. The summed E-state index contributed by atoms with van der Waals surface area (Å²) in [6, 6.07) is 21.8. The molecule has 0 aliphatic rings. The summed E-state index contributed by atoms with van der Waals surface area (Å²) < 4.78 is 37.1. The molecule has 394 valence electrons. The molecule has 3 rings (SSSR count). The van der Waals surface area contributed by atoms with E-state index < -0.39 is 0 Å². The van der Waals surface area contributed by atoms with Gasteiger partial charge >= 0.3 is 0 Å². The standard InChI is InChI=1S/C64H102O6/c1-8-12-16-20-24-61-52-59(33-35-62(61)68-49-40-54(5)37-46-65-43-21-17-13-9-2)31-29-57-25-27-58(28-26-57)30-32-60-34-36-63(69-50-41-55(6)38-47-66-44-22-18-14-10-3)64(53-60)70-51-42-56(7)39-48-67-45-23-19-15-11-4/h25-36,52-56H,8-24,37-51H2,1-7H3. The highest BCUT2D eigenvalue weighted by Crippen LogP contribution is 2.31. The van der Waals surface area contributed by atoms with Crippen molar-refractivity contribution in [1.29, 1.82) is 0 Å². The van der Waals surface area contributed by atoms with Crippen molar-refractivity contribution in [3.05, 3.63) is 88.5 Å². The Labute approximate surface area is 430 Å². The molecule has 70 heavy (non-hydrogen) atoms. The number of unbranched alkanes of at least 4 members (excludes halogenated alkanes) is 12. The zero-order valence-corrected chi connectivity index (χ0v) is 45.9. The zero-order chi connectivity index (χ0) is 50.1. The molecule has 3 atom stereocenters. The minimum Gasteiger partial charge on any atom is -0.493 e. The van der Waals surface area contributed by atoms with E-state index in [2.05, 4.69) is 133 Å². The molecule has 0 aromatic heterocycles. The highest BCUT2D eigenvalue weighted by atomic mass is 16.5. The van der Waals surface area contributed by atoms with Gasteiger partial charge in [0.25, 0.3) is 0 Å². The zero-order valence-electron chi connectivity index (χ0n) is 45.9. The lowest BCUT2D eigenvalue weighted by molar-refractivity contribution is 0.113. The molecule has 0 heterocycles. The van der Waals surface area contributed by atoms with Crippen molar-refractivity contribution in [1.82, 2.24) is 0 Å². The Morgan fingerprint density at radius 1 is 0.329 bits per heavy atom. The molecule has 0 saturated carbocycles. The quantitative estimate of drug-likeness (QED) is 0.0415. The Balaban J connectivity index is 1.58. The molecule has 0 spiro atoms. The van der Waals surface area contributed by atoms with Gasteiger partial charge in [0.2, 0.25) is 0 Å². The van der Waals surface area contributed by atoms with E-state index in [-0.39, 0.29) is 0 Å². The van der Waals surface area contributed by atoms with Crippen molar-refractivity contribution in [2.24, 2.45) is 17.8 Å². The second-order valence-corrected chi connectivity index (χ2v) is 20.3. The summed E-state index contributed by atoms with van der Waals surface area (Å²) in [4.78, 5) is 0. The van der Waals surface area contributed by atoms with Crippen LogP contribution in [0.4, 0.5) is 0 Å². The molecular weight excluding hydrogens is 865 g/mol. The van der Waals surface area contributed by atoms with Crippen molar-refractivity contribution >= 4 is 24.3 Å². The maximum Gasteiger partial charge on any atom is 0.161 e. The lowest BCUT2D eigenvalue weighted by Crippen LogP contribution is -2.10. The van der Waals surface area contributed by atoms with Crippen molar-refractivity contribution < 1.29 is 28.4 Å². The van der Waals surface area contributed by atoms with Gasteiger partial charge in [0.05, 0.1) is 19.8 Å². The lowest BCUT2D eigenvalue weighted by Gasteiger charge is -2.17. The smallest absolute Gasteiger partial charge is 0.161 e. The minimum absolute atomic E-state index is 0.526. The number of ether oxygens (including phenoxy) is 6. The van der Waals surface area contributed by atoms with E-state index in [9.17, 15) is 0 Å². The molecule has 6 nitrogen and oxygen atoms in total. The molecule has 0 aliphatic carbocycles. The molecule has 3 aromatic rings. The topological polar surface area (TPSA) is 55.4 Å². The average molecular weight is 968 g/mol. The van der Waals surface area contributed by atoms with Crippen LogP contribution >= 0.6 is 0 Å². The molecule has 0 radical (unpaired) electrons. The van der Waals surface area contributed by atoms with Crippen LogP contribution in [-0.4, -0.2) is 59.5 Å². The van der Waals surface area contributed by atoms with Gasteiger partial charge in [-0.05, 0) is 140 Å². The van der Waals surface area contributed by atoms with Gasteiger partial charge in [-0.3, -0.25) is 0 Å². The first kappa shape index (κ1) is 60.7. The van der Waals surface area contributed by atoms with Crippen molar-refractivity contribution in [3.8, 4) is 17.2 Å².